The maximum absolute atomic E-state index is 13.7. The lowest BCUT2D eigenvalue weighted by Gasteiger charge is -2.32. The van der Waals surface area contributed by atoms with Crippen LogP contribution in [0.15, 0.2) is 77.7 Å². The number of sulfonamides is 1. The third-order valence-electron chi connectivity index (χ3n) is 5.76. The second-order valence-electron chi connectivity index (χ2n) is 8.52. The SMILES string of the molecule is CCNC(=O)[C@H](C)N(Cc1cccc(Cl)c1)C(=O)CN(c1ccc(Cl)cc1)S(=O)(=O)c1ccc(C)cc1. The van der Waals surface area contributed by atoms with Gasteiger partial charge in [0.25, 0.3) is 10.0 Å². The molecule has 3 aromatic carbocycles. The fourth-order valence-corrected chi connectivity index (χ4v) is 5.46. The van der Waals surface area contributed by atoms with Gasteiger partial charge in [-0.25, -0.2) is 8.42 Å². The molecular weight excluding hydrogens is 533 g/mol. The molecule has 0 radical (unpaired) electrons. The summed E-state index contributed by atoms with van der Waals surface area (Å²) in [6.45, 7) is 5.17. The molecule has 37 heavy (non-hydrogen) atoms. The molecule has 1 N–H and O–H groups in total. The molecule has 10 heteroatoms. The number of carbonyl (C=O) groups excluding carboxylic acids is 2. The molecule has 0 aliphatic rings. The molecule has 0 aromatic heterocycles. The van der Waals surface area contributed by atoms with Gasteiger partial charge in [-0.05, 0) is 74.9 Å². The molecule has 0 unspecified atom stereocenters. The van der Waals surface area contributed by atoms with Crippen molar-refractivity contribution < 1.29 is 18.0 Å². The minimum Gasteiger partial charge on any atom is -0.355 e. The van der Waals surface area contributed by atoms with Gasteiger partial charge in [0.1, 0.15) is 12.6 Å². The van der Waals surface area contributed by atoms with Crippen molar-refractivity contribution in [2.45, 2.75) is 38.3 Å². The van der Waals surface area contributed by atoms with E-state index in [2.05, 4.69) is 5.32 Å². The number of hydrogen-bond acceptors (Lipinski definition) is 4. The first-order chi connectivity index (χ1) is 17.5. The quantitative estimate of drug-likeness (QED) is 0.375. The fraction of sp³-hybridized carbons (Fsp3) is 0.259. The van der Waals surface area contributed by atoms with Crippen LogP contribution in [0.4, 0.5) is 5.69 Å². The molecule has 3 aromatic rings. The highest BCUT2D eigenvalue weighted by Gasteiger charge is 2.32. The third-order valence-corrected chi connectivity index (χ3v) is 8.04. The zero-order valence-electron chi connectivity index (χ0n) is 20.8. The zero-order valence-corrected chi connectivity index (χ0v) is 23.1. The Morgan fingerprint density at radius 2 is 1.59 bits per heavy atom. The number of nitrogens with zero attached hydrogens (tertiary/aromatic N) is 2. The van der Waals surface area contributed by atoms with Gasteiger partial charge in [-0.15, -0.1) is 0 Å². The summed E-state index contributed by atoms with van der Waals surface area (Å²) in [5, 5.41) is 3.64. The largest absolute Gasteiger partial charge is 0.355 e. The van der Waals surface area contributed by atoms with E-state index in [0.29, 0.717) is 22.2 Å². The Balaban J connectivity index is 2.02. The predicted octanol–water partition coefficient (Wildman–Crippen LogP) is 5.05. The maximum atomic E-state index is 13.7. The number of halogens is 2. The number of nitrogens with one attached hydrogen (secondary N) is 1. The lowest BCUT2D eigenvalue weighted by molar-refractivity contribution is -0.139. The molecule has 0 spiro atoms. The lowest BCUT2D eigenvalue weighted by atomic mass is 10.1. The van der Waals surface area contributed by atoms with Crippen LogP contribution in [-0.2, 0) is 26.2 Å². The Bertz CT molecular complexity index is 1350. The van der Waals surface area contributed by atoms with E-state index >= 15 is 0 Å². The van der Waals surface area contributed by atoms with Crippen LogP contribution >= 0.6 is 23.2 Å². The summed E-state index contributed by atoms with van der Waals surface area (Å²) in [7, 11) is -4.13. The van der Waals surface area contributed by atoms with Crippen LogP contribution in [-0.4, -0.2) is 44.3 Å². The maximum Gasteiger partial charge on any atom is 0.264 e. The number of aryl methyl sites for hydroxylation is 1. The van der Waals surface area contributed by atoms with Crippen LogP contribution in [0.3, 0.4) is 0 Å². The topological polar surface area (TPSA) is 86.8 Å². The van der Waals surface area contributed by atoms with Crippen molar-refractivity contribution in [3.63, 3.8) is 0 Å². The monoisotopic (exact) mass is 561 g/mol. The van der Waals surface area contributed by atoms with Gasteiger partial charge in [0, 0.05) is 23.1 Å². The molecule has 2 amide bonds. The first-order valence-electron chi connectivity index (χ1n) is 11.7. The molecule has 0 fully saturated rings. The van der Waals surface area contributed by atoms with Gasteiger partial charge in [-0.1, -0.05) is 53.0 Å². The van der Waals surface area contributed by atoms with Crippen LogP contribution in [0.25, 0.3) is 0 Å². The number of carbonyl (C=O) groups is 2. The van der Waals surface area contributed by atoms with Crippen molar-refractivity contribution in [1.82, 2.24) is 10.2 Å². The lowest BCUT2D eigenvalue weighted by Crippen LogP contribution is -2.51. The van der Waals surface area contributed by atoms with Gasteiger partial charge in [-0.3, -0.25) is 13.9 Å². The summed E-state index contributed by atoms with van der Waals surface area (Å²) in [6.07, 6.45) is 0. The first-order valence-corrected chi connectivity index (χ1v) is 13.9. The van der Waals surface area contributed by atoms with Crippen molar-refractivity contribution in [1.29, 1.82) is 0 Å². The number of amides is 2. The minimum absolute atomic E-state index is 0.0408. The highest BCUT2D eigenvalue weighted by Crippen LogP contribution is 2.26. The molecule has 0 bridgehead atoms. The summed E-state index contributed by atoms with van der Waals surface area (Å²) in [5.74, 6) is -0.901. The van der Waals surface area contributed by atoms with Crippen LogP contribution in [0.1, 0.15) is 25.0 Å². The van der Waals surface area contributed by atoms with Crippen LogP contribution in [0.5, 0.6) is 0 Å². The minimum atomic E-state index is -4.13. The summed E-state index contributed by atoms with van der Waals surface area (Å²) in [4.78, 5) is 27.9. The van der Waals surface area contributed by atoms with Crippen molar-refractivity contribution >= 4 is 50.7 Å². The van der Waals surface area contributed by atoms with Crippen LogP contribution in [0, 0.1) is 6.92 Å². The van der Waals surface area contributed by atoms with Gasteiger partial charge in [0.05, 0.1) is 10.6 Å². The van der Waals surface area contributed by atoms with E-state index < -0.39 is 28.5 Å². The highest BCUT2D eigenvalue weighted by atomic mass is 35.5. The van der Waals surface area contributed by atoms with Gasteiger partial charge in [-0.2, -0.15) is 0 Å². The Kier molecular flexibility index (Phi) is 9.59. The molecule has 7 nitrogen and oxygen atoms in total. The van der Waals surface area contributed by atoms with E-state index in [1.807, 2.05) is 6.92 Å². The summed E-state index contributed by atoms with van der Waals surface area (Å²) >= 11 is 12.2. The number of anilines is 1. The van der Waals surface area contributed by atoms with Crippen molar-refractivity contribution in [2.75, 3.05) is 17.4 Å². The summed E-state index contributed by atoms with van der Waals surface area (Å²) in [6, 6.07) is 18.7. The van der Waals surface area contributed by atoms with E-state index in [-0.39, 0.29) is 23.0 Å². The Morgan fingerprint density at radius 1 is 0.946 bits per heavy atom. The highest BCUT2D eigenvalue weighted by molar-refractivity contribution is 7.92. The Morgan fingerprint density at radius 3 is 2.19 bits per heavy atom. The molecule has 0 saturated carbocycles. The van der Waals surface area contributed by atoms with Crippen LogP contribution < -0.4 is 9.62 Å². The van der Waals surface area contributed by atoms with Gasteiger partial charge < -0.3 is 10.2 Å². The first kappa shape index (κ1) is 28.5. The Labute approximate surface area is 228 Å². The summed E-state index contributed by atoms with van der Waals surface area (Å²) < 4.78 is 28.5. The van der Waals surface area contributed by atoms with E-state index in [1.54, 1.807) is 62.4 Å². The van der Waals surface area contributed by atoms with E-state index in [9.17, 15) is 18.0 Å². The zero-order chi connectivity index (χ0) is 27.2. The molecule has 1 atom stereocenters. The number of benzene rings is 3. The molecule has 196 valence electrons. The second kappa shape index (κ2) is 12.4. The van der Waals surface area contributed by atoms with Crippen LogP contribution in [0.2, 0.25) is 10.0 Å². The molecule has 0 aliphatic heterocycles. The number of hydrogen-bond donors (Lipinski definition) is 1. The van der Waals surface area contributed by atoms with Gasteiger partial charge in [0.15, 0.2) is 0 Å². The van der Waals surface area contributed by atoms with E-state index in [4.69, 9.17) is 23.2 Å². The fourth-order valence-electron chi connectivity index (χ4n) is 3.71. The van der Waals surface area contributed by atoms with E-state index in [0.717, 1.165) is 9.87 Å². The normalized spacial score (nSPS) is 12.0. The predicted molar refractivity (Wildman–Crippen MR) is 147 cm³/mol. The number of rotatable bonds is 10. The molecule has 3 rings (SSSR count). The van der Waals surface area contributed by atoms with Crippen molar-refractivity contribution in [3.05, 3.63) is 94.0 Å². The standard InChI is InChI=1S/C27H29Cl2N3O4S/c1-4-30-27(34)20(3)31(17-21-6-5-7-23(29)16-21)26(33)18-32(24-12-10-22(28)11-13-24)37(35,36)25-14-8-19(2)9-15-25/h5-16,20H,4,17-18H2,1-3H3,(H,30,34)/t20-/m0/s1. The average Bonchev–Trinajstić information content (AvgIpc) is 2.86. The molecule has 0 aliphatic carbocycles. The number of likely N-dealkylation sites (N-methyl/N-ethyl adjacent to an activating group) is 1. The van der Waals surface area contributed by atoms with Crippen molar-refractivity contribution in [3.8, 4) is 0 Å². The third kappa shape index (κ3) is 7.25. The van der Waals surface area contributed by atoms with Crippen molar-refractivity contribution in [2.24, 2.45) is 0 Å². The second-order valence-corrected chi connectivity index (χ2v) is 11.3. The van der Waals surface area contributed by atoms with Gasteiger partial charge in [0.2, 0.25) is 11.8 Å². The Hall–Kier alpha value is -3.07. The van der Waals surface area contributed by atoms with E-state index in [1.165, 1.54) is 29.2 Å². The molecular formula is C27H29Cl2N3O4S. The summed E-state index contributed by atoms with van der Waals surface area (Å²) in [5.41, 5.74) is 1.87. The average molecular weight is 563 g/mol. The van der Waals surface area contributed by atoms with Gasteiger partial charge >= 0.3 is 0 Å². The molecule has 0 heterocycles. The smallest absolute Gasteiger partial charge is 0.264 e. The molecule has 0 saturated heterocycles.